The second-order valence-corrected chi connectivity index (χ2v) is 8.36. The first-order chi connectivity index (χ1) is 13.6. The number of benzene rings is 1. The van der Waals surface area contributed by atoms with E-state index in [0.717, 1.165) is 52.3 Å². The minimum atomic E-state index is 0.258. The van der Waals surface area contributed by atoms with E-state index in [1.165, 1.54) is 11.3 Å². The minimum absolute atomic E-state index is 0.258. The lowest BCUT2D eigenvalue weighted by Crippen LogP contribution is -2.36. The van der Waals surface area contributed by atoms with Crippen LogP contribution in [0, 0.1) is 10.9 Å². The summed E-state index contributed by atoms with van der Waals surface area (Å²) in [6.07, 6.45) is 2.14. The molecule has 148 valence electrons. The van der Waals surface area contributed by atoms with Gasteiger partial charge < -0.3 is 14.6 Å². The van der Waals surface area contributed by atoms with Gasteiger partial charge >= 0.3 is 0 Å². The number of likely N-dealkylation sites (tertiary alicyclic amines) is 1. The van der Waals surface area contributed by atoms with Gasteiger partial charge in [0.15, 0.2) is 9.78 Å². The van der Waals surface area contributed by atoms with E-state index in [1.54, 1.807) is 7.11 Å². The number of aromatic nitrogens is 4. The summed E-state index contributed by atoms with van der Waals surface area (Å²) in [6, 6.07) is 7.75. The van der Waals surface area contributed by atoms with Gasteiger partial charge in [0.25, 0.3) is 0 Å². The molecular weight excluding hydrogens is 396 g/mol. The van der Waals surface area contributed by atoms with Crippen molar-refractivity contribution in [2.45, 2.75) is 32.4 Å². The van der Waals surface area contributed by atoms with Crippen LogP contribution in [-0.4, -0.2) is 45.0 Å². The van der Waals surface area contributed by atoms with Gasteiger partial charge in [-0.2, -0.15) is 4.98 Å². The molecule has 0 aliphatic carbocycles. The Bertz CT molecular complexity index is 998. The first-order valence-corrected chi connectivity index (χ1v) is 10.4. The first-order valence-electron chi connectivity index (χ1n) is 9.13. The molecule has 0 bridgehead atoms. The van der Waals surface area contributed by atoms with Crippen LogP contribution in [0.3, 0.4) is 0 Å². The summed E-state index contributed by atoms with van der Waals surface area (Å²) in [5.41, 5.74) is 0.866. The number of piperidine rings is 1. The van der Waals surface area contributed by atoms with E-state index < -0.39 is 0 Å². The SMILES string of the molecule is COc1ccccc1Nc1nn(CN2CCCC(c3nc(C)no3)C2)c(=S)s1. The number of hydrogen-bond acceptors (Lipinski definition) is 9. The third kappa shape index (κ3) is 4.23. The van der Waals surface area contributed by atoms with E-state index in [4.69, 9.17) is 21.5 Å². The van der Waals surface area contributed by atoms with Crippen LogP contribution in [-0.2, 0) is 6.67 Å². The molecule has 1 unspecified atom stereocenters. The molecule has 1 atom stereocenters. The molecule has 0 radical (unpaired) electrons. The summed E-state index contributed by atoms with van der Waals surface area (Å²) in [5.74, 6) is 2.43. The van der Waals surface area contributed by atoms with Crippen LogP contribution >= 0.6 is 23.6 Å². The van der Waals surface area contributed by atoms with Crippen molar-refractivity contribution in [2.24, 2.45) is 0 Å². The lowest BCUT2D eigenvalue weighted by molar-refractivity contribution is 0.144. The quantitative estimate of drug-likeness (QED) is 0.603. The number of methoxy groups -OCH3 is 1. The second-order valence-electron chi connectivity index (χ2n) is 6.74. The number of nitrogens with one attached hydrogen (secondary N) is 1. The molecule has 1 N–H and O–H groups in total. The van der Waals surface area contributed by atoms with Crippen molar-refractivity contribution in [3.8, 4) is 5.75 Å². The molecule has 0 spiro atoms. The van der Waals surface area contributed by atoms with Crippen molar-refractivity contribution in [2.75, 3.05) is 25.5 Å². The van der Waals surface area contributed by atoms with Crippen molar-refractivity contribution in [3.05, 3.63) is 39.9 Å². The van der Waals surface area contributed by atoms with Crippen molar-refractivity contribution in [1.29, 1.82) is 0 Å². The number of hydrogen-bond donors (Lipinski definition) is 1. The Morgan fingerprint density at radius 1 is 1.39 bits per heavy atom. The summed E-state index contributed by atoms with van der Waals surface area (Å²) < 4.78 is 13.3. The molecule has 3 aromatic rings. The summed E-state index contributed by atoms with van der Waals surface area (Å²) in [6.45, 7) is 4.35. The molecule has 28 heavy (non-hydrogen) atoms. The van der Waals surface area contributed by atoms with Gasteiger partial charge in [-0.3, -0.25) is 4.90 Å². The Kier molecular flexibility index (Phi) is 5.69. The molecule has 0 amide bonds. The zero-order chi connectivity index (χ0) is 19.5. The molecular formula is C18H22N6O2S2. The number of para-hydroxylation sites is 2. The number of rotatable bonds is 6. The smallest absolute Gasteiger partial charge is 0.231 e. The predicted molar refractivity (Wildman–Crippen MR) is 110 cm³/mol. The topological polar surface area (TPSA) is 81.2 Å². The molecule has 4 rings (SSSR count). The Morgan fingerprint density at radius 3 is 3.04 bits per heavy atom. The van der Waals surface area contributed by atoms with Crippen LogP contribution in [0.2, 0.25) is 0 Å². The largest absolute Gasteiger partial charge is 0.495 e. The van der Waals surface area contributed by atoms with Gasteiger partial charge in [0.2, 0.25) is 11.0 Å². The van der Waals surface area contributed by atoms with Gasteiger partial charge in [-0.25, -0.2) is 4.68 Å². The fourth-order valence-electron chi connectivity index (χ4n) is 3.36. The Morgan fingerprint density at radius 2 is 2.25 bits per heavy atom. The first kappa shape index (κ1) is 19.0. The molecule has 10 heteroatoms. The monoisotopic (exact) mass is 418 g/mol. The predicted octanol–water partition coefficient (Wildman–Crippen LogP) is 3.95. The lowest BCUT2D eigenvalue weighted by Gasteiger charge is -2.30. The normalized spacial score (nSPS) is 17.6. The van der Waals surface area contributed by atoms with E-state index in [-0.39, 0.29) is 5.92 Å². The van der Waals surface area contributed by atoms with Crippen LogP contribution in [0.5, 0.6) is 5.75 Å². The molecule has 0 saturated carbocycles. The lowest BCUT2D eigenvalue weighted by atomic mass is 9.98. The van der Waals surface area contributed by atoms with Gasteiger partial charge in [0.1, 0.15) is 5.75 Å². The third-order valence-corrected chi connectivity index (χ3v) is 5.91. The highest BCUT2D eigenvalue weighted by atomic mass is 32.1. The average Bonchev–Trinajstić information content (AvgIpc) is 3.28. The Hall–Kier alpha value is -2.30. The van der Waals surface area contributed by atoms with Gasteiger partial charge in [-0.1, -0.05) is 28.6 Å². The van der Waals surface area contributed by atoms with E-state index in [9.17, 15) is 0 Å². The van der Waals surface area contributed by atoms with E-state index in [2.05, 4.69) is 25.5 Å². The summed E-state index contributed by atoms with van der Waals surface area (Å²) in [4.78, 5) is 6.72. The van der Waals surface area contributed by atoms with Crippen LogP contribution in [0.4, 0.5) is 10.8 Å². The number of anilines is 2. The molecule has 1 saturated heterocycles. The standard InChI is InChI=1S/C18H22N6O2S2/c1-12-19-16(26-22-12)13-6-5-9-23(10-13)11-24-18(27)28-17(21-24)20-14-7-3-4-8-15(14)25-2/h3-4,7-8,13H,5-6,9-11H2,1-2H3,(H,20,21). The number of nitrogens with zero attached hydrogens (tertiary/aromatic N) is 5. The van der Waals surface area contributed by atoms with Crippen LogP contribution < -0.4 is 10.1 Å². The maximum atomic E-state index is 5.53. The molecule has 1 aromatic carbocycles. The Balaban J connectivity index is 1.44. The second kappa shape index (κ2) is 8.38. The fraction of sp³-hybridized carbons (Fsp3) is 0.444. The third-order valence-electron chi connectivity index (χ3n) is 4.69. The fourth-order valence-corrected chi connectivity index (χ4v) is 4.37. The summed E-state index contributed by atoms with van der Waals surface area (Å²) in [7, 11) is 1.65. The van der Waals surface area contributed by atoms with E-state index in [0.29, 0.717) is 12.5 Å². The molecule has 2 aromatic heterocycles. The summed E-state index contributed by atoms with van der Waals surface area (Å²) >= 11 is 6.98. The van der Waals surface area contributed by atoms with Crippen LogP contribution in [0.25, 0.3) is 0 Å². The van der Waals surface area contributed by atoms with Gasteiger partial charge in [0.05, 0.1) is 25.4 Å². The Labute approximate surface area is 172 Å². The maximum Gasteiger partial charge on any atom is 0.231 e. The molecule has 1 fully saturated rings. The number of ether oxygens (including phenoxy) is 1. The average molecular weight is 419 g/mol. The van der Waals surface area contributed by atoms with Crippen LogP contribution in [0.1, 0.15) is 30.5 Å². The zero-order valence-electron chi connectivity index (χ0n) is 15.8. The van der Waals surface area contributed by atoms with Gasteiger partial charge in [-0.15, -0.1) is 5.10 Å². The summed E-state index contributed by atoms with van der Waals surface area (Å²) in [5, 5.41) is 12.6. The van der Waals surface area contributed by atoms with Crippen molar-refractivity contribution in [3.63, 3.8) is 0 Å². The maximum absolute atomic E-state index is 5.53. The van der Waals surface area contributed by atoms with Gasteiger partial charge in [-0.05, 0) is 50.7 Å². The highest BCUT2D eigenvalue weighted by molar-refractivity contribution is 7.73. The number of aryl methyl sites for hydroxylation is 1. The molecule has 1 aliphatic rings. The van der Waals surface area contributed by atoms with E-state index >= 15 is 0 Å². The van der Waals surface area contributed by atoms with Crippen molar-refractivity contribution < 1.29 is 9.26 Å². The molecule has 3 heterocycles. The highest BCUT2D eigenvalue weighted by Gasteiger charge is 2.26. The van der Waals surface area contributed by atoms with E-state index in [1.807, 2.05) is 35.9 Å². The highest BCUT2D eigenvalue weighted by Crippen LogP contribution is 2.29. The minimum Gasteiger partial charge on any atom is -0.495 e. The molecule has 8 nitrogen and oxygen atoms in total. The van der Waals surface area contributed by atoms with Crippen molar-refractivity contribution in [1.82, 2.24) is 24.8 Å². The van der Waals surface area contributed by atoms with Gasteiger partial charge in [0, 0.05) is 6.54 Å². The zero-order valence-corrected chi connectivity index (χ0v) is 17.4. The van der Waals surface area contributed by atoms with Crippen molar-refractivity contribution >= 4 is 34.4 Å². The molecule has 1 aliphatic heterocycles. The van der Waals surface area contributed by atoms with Crippen LogP contribution in [0.15, 0.2) is 28.8 Å².